The van der Waals surface area contributed by atoms with Gasteiger partial charge in [-0.25, -0.2) is 18.1 Å². The van der Waals surface area contributed by atoms with Gasteiger partial charge < -0.3 is 5.32 Å². The molecule has 0 saturated carbocycles. The first-order chi connectivity index (χ1) is 15.0. The van der Waals surface area contributed by atoms with Gasteiger partial charge in [0.1, 0.15) is 16.9 Å². The predicted octanol–water partition coefficient (Wildman–Crippen LogP) is 2.99. The molecule has 158 valence electrons. The number of anilines is 1. The van der Waals surface area contributed by atoms with Crippen molar-refractivity contribution in [2.75, 3.05) is 4.72 Å². The fourth-order valence-corrected chi connectivity index (χ4v) is 4.92. The quantitative estimate of drug-likeness (QED) is 0.427. The number of nitrogens with one attached hydrogen (secondary N) is 2. The molecule has 0 aliphatic heterocycles. The monoisotopic (exact) mass is 453 g/mol. The van der Waals surface area contributed by atoms with Gasteiger partial charge in [-0.1, -0.05) is 30.3 Å². The van der Waals surface area contributed by atoms with Crippen molar-refractivity contribution in [1.29, 1.82) is 0 Å². The maximum Gasteiger partial charge on any atom is 0.271 e. The highest BCUT2D eigenvalue weighted by atomic mass is 32.2. The Balaban J connectivity index is 1.29. The summed E-state index contributed by atoms with van der Waals surface area (Å²) in [6.07, 6.45) is 3.30. The zero-order chi connectivity index (χ0) is 21.7. The maximum absolute atomic E-state index is 12.3. The molecule has 2 N–H and O–H groups in total. The summed E-state index contributed by atoms with van der Waals surface area (Å²) >= 11 is 1.15. The fraction of sp³-hybridized carbons (Fsp3) is 0.0952. The van der Waals surface area contributed by atoms with Crippen molar-refractivity contribution in [2.24, 2.45) is 0 Å². The summed E-state index contributed by atoms with van der Waals surface area (Å²) in [7, 11) is -3.58. The van der Waals surface area contributed by atoms with E-state index in [0.717, 1.165) is 28.2 Å². The van der Waals surface area contributed by atoms with Crippen LogP contribution in [0.3, 0.4) is 0 Å². The lowest BCUT2D eigenvalue weighted by Gasteiger charge is -2.09. The largest absolute Gasteiger partial charge is 0.352 e. The number of rotatable bonds is 8. The Kier molecular flexibility index (Phi) is 6.10. The fourth-order valence-electron chi connectivity index (χ4n) is 2.87. The highest BCUT2D eigenvalue weighted by Crippen LogP contribution is 2.20. The molecule has 0 atom stereocenters. The average Bonchev–Trinajstić information content (AvgIpc) is 3.48. The Morgan fingerprint density at radius 1 is 1.00 bits per heavy atom. The number of sulfonamides is 1. The smallest absolute Gasteiger partial charge is 0.271 e. The molecule has 2 aromatic carbocycles. The van der Waals surface area contributed by atoms with Gasteiger partial charge in [0.05, 0.1) is 12.1 Å². The molecule has 2 heterocycles. The van der Waals surface area contributed by atoms with Crippen molar-refractivity contribution in [2.45, 2.75) is 17.2 Å². The van der Waals surface area contributed by atoms with Crippen LogP contribution >= 0.6 is 11.3 Å². The molecule has 2 aromatic heterocycles. The van der Waals surface area contributed by atoms with E-state index in [-0.39, 0.29) is 16.5 Å². The summed E-state index contributed by atoms with van der Waals surface area (Å²) in [6.45, 7) is 0.412. The number of benzene rings is 2. The van der Waals surface area contributed by atoms with Gasteiger partial charge in [0.2, 0.25) is 5.91 Å². The van der Waals surface area contributed by atoms with Crippen LogP contribution in [0.2, 0.25) is 0 Å². The minimum atomic E-state index is -3.58. The second kappa shape index (κ2) is 9.11. The first-order valence-electron chi connectivity index (χ1n) is 9.35. The molecule has 4 aromatic rings. The molecule has 0 unspecified atom stereocenters. The minimum absolute atomic E-state index is 0.118. The highest BCUT2D eigenvalue weighted by molar-refractivity contribution is 7.94. The Morgan fingerprint density at radius 3 is 2.39 bits per heavy atom. The van der Waals surface area contributed by atoms with Crippen molar-refractivity contribution in [3.63, 3.8) is 0 Å². The molecular formula is C21H19N5O3S2. The van der Waals surface area contributed by atoms with Gasteiger partial charge in [-0.05, 0) is 46.8 Å². The summed E-state index contributed by atoms with van der Waals surface area (Å²) in [5.41, 5.74) is 3.10. The lowest BCUT2D eigenvalue weighted by Crippen LogP contribution is -2.24. The molecule has 31 heavy (non-hydrogen) atoms. The summed E-state index contributed by atoms with van der Waals surface area (Å²) < 4.78 is 29.0. The van der Waals surface area contributed by atoms with Crippen molar-refractivity contribution in [3.8, 4) is 5.69 Å². The molecule has 0 spiro atoms. The third-order valence-corrected chi connectivity index (χ3v) is 7.22. The number of hydrogen-bond acceptors (Lipinski definition) is 6. The number of aromatic nitrogens is 3. The second-order valence-corrected chi connectivity index (χ2v) is 9.55. The van der Waals surface area contributed by atoms with Crippen LogP contribution in [0.4, 0.5) is 5.69 Å². The molecule has 8 nitrogen and oxygen atoms in total. The van der Waals surface area contributed by atoms with E-state index < -0.39 is 10.0 Å². The van der Waals surface area contributed by atoms with E-state index in [1.165, 1.54) is 6.33 Å². The molecule has 0 saturated heterocycles. The maximum atomic E-state index is 12.3. The van der Waals surface area contributed by atoms with Crippen LogP contribution in [0.15, 0.2) is 82.9 Å². The number of hydrogen-bond donors (Lipinski definition) is 2. The van der Waals surface area contributed by atoms with Gasteiger partial charge in [0, 0.05) is 12.2 Å². The molecule has 0 aliphatic carbocycles. The SMILES string of the molecule is O=C(Cc1ccc(NS(=O)(=O)c2cccs2)cc1)NCc1ccc(-n2cncn2)cc1. The first kappa shape index (κ1) is 20.8. The molecular weight excluding hydrogens is 434 g/mol. The molecule has 0 fully saturated rings. The number of carbonyl (C=O) groups is 1. The summed E-state index contributed by atoms with van der Waals surface area (Å²) in [4.78, 5) is 16.2. The summed E-state index contributed by atoms with van der Waals surface area (Å²) in [5, 5.41) is 8.67. The van der Waals surface area contributed by atoms with E-state index in [9.17, 15) is 13.2 Å². The molecule has 10 heteroatoms. The normalized spacial score (nSPS) is 11.2. The van der Waals surface area contributed by atoms with E-state index in [1.54, 1.807) is 52.8 Å². The third-order valence-electron chi connectivity index (χ3n) is 4.44. The van der Waals surface area contributed by atoms with Crippen molar-refractivity contribution in [1.82, 2.24) is 20.1 Å². The van der Waals surface area contributed by atoms with E-state index in [2.05, 4.69) is 20.1 Å². The van der Waals surface area contributed by atoms with E-state index in [4.69, 9.17) is 0 Å². The summed E-state index contributed by atoms with van der Waals surface area (Å²) in [6, 6.07) is 17.7. The Hall–Kier alpha value is -3.50. The number of carbonyl (C=O) groups excluding carboxylic acids is 1. The van der Waals surface area contributed by atoms with Gasteiger partial charge in [-0.2, -0.15) is 5.10 Å². The second-order valence-electron chi connectivity index (χ2n) is 6.69. The van der Waals surface area contributed by atoms with Gasteiger partial charge in [0.25, 0.3) is 10.0 Å². The van der Waals surface area contributed by atoms with E-state index in [1.807, 2.05) is 24.3 Å². The van der Waals surface area contributed by atoms with Crippen LogP contribution < -0.4 is 10.0 Å². The topological polar surface area (TPSA) is 106 Å². The van der Waals surface area contributed by atoms with Crippen LogP contribution in [0.1, 0.15) is 11.1 Å². The number of thiophene rings is 1. The van der Waals surface area contributed by atoms with Crippen LogP contribution in [0.5, 0.6) is 0 Å². The van der Waals surface area contributed by atoms with Gasteiger partial charge >= 0.3 is 0 Å². The van der Waals surface area contributed by atoms with Gasteiger partial charge in [0.15, 0.2) is 0 Å². The van der Waals surface area contributed by atoms with Crippen LogP contribution in [-0.4, -0.2) is 29.1 Å². The van der Waals surface area contributed by atoms with Crippen molar-refractivity contribution >= 4 is 33.0 Å². The molecule has 1 amide bonds. The third kappa shape index (κ3) is 5.36. The minimum Gasteiger partial charge on any atom is -0.352 e. The lowest BCUT2D eigenvalue weighted by atomic mass is 10.1. The first-order valence-corrected chi connectivity index (χ1v) is 11.7. The predicted molar refractivity (Wildman–Crippen MR) is 118 cm³/mol. The van der Waals surface area contributed by atoms with E-state index in [0.29, 0.717) is 12.2 Å². The van der Waals surface area contributed by atoms with Crippen molar-refractivity contribution in [3.05, 3.63) is 89.8 Å². The Labute approximate surface area is 183 Å². The zero-order valence-electron chi connectivity index (χ0n) is 16.3. The highest BCUT2D eigenvalue weighted by Gasteiger charge is 2.15. The zero-order valence-corrected chi connectivity index (χ0v) is 17.9. The number of amides is 1. The summed E-state index contributed by atoms with van der Waals surface area (Å²) in [5.74, 6) is -0.118. The molecule has 0 aliphatic rings. The van der Waals surface area contributed by atoms with Crippen LogP contribution in [-0.2, 0) is 27.8 Å². The molecule has 4 rings (SSSR count). The lowest BCUT2D eigenvalue weighted by molar-refractivity contribution is -0.120. The van der Waals surface area contributed by atoms with Gasteiger partial charge in [-0.3, -0.25) is 9.52 Å². The van der Waals surface area contributed by atoms with Crippen LogP contribution in [0.25, 0.3) is 5.69 Å². The molecule has 0 bridgehead atoms. The molecule has 0 radical (unpaired) electrons. The standard InChI is InChI=1S/C21H19N5O3S2/c27-20(23-13-17-5-9-19(10-6-17)26-15-22-14-24-26)12-16-3-7-18(8-4-16)25-31(28,29)21-2-1-11-30-21/h1-11,14-15,25H,12-13H2,(H,23,27). The average molecular weight is 454 g/mol. The van der Waals surface area contributed by atoms with Crippen LogP contribution in [0, 0.1) is 0 Å². The van der Waals surface area contributed by atoms with Crippen molar-refractivity contribution < 1.29 is 13.2 Å². The Bertz CT molecular complexity index is 1240. The van der Waals surface area contributed by atoms with E-state index >= 15 is 0 Å². The van der Waals surface area contributed by atoms with Gasteiger partial charge in [-0.15, -0.1) is 11.3 Å². The Morgan fingerprint density at radius 2 is 1.74 bits per heavy atom. The number of nitrogens with zero attached hydrogens (tertiary/aromatic N) is 3.